The normalized spacial score (nSPS) is 17.3. The van der Waals surface area contributed by atoms with Crippen LogP contribution in [-0.2, 0) is 24.9 Å². The number of nitrogens with one attached hydrogen (secondary N) is 1. The molecule has 2 aromatic rings. The number of nitrogens with zero attached hydrogens (tertiary/aromatic N) is 4. The molecule has 0 fully saturated rings. The quantitative estimate of drug-likeness (QED) is 0.914. The minimum atomic E-state index is -0.0986. The zero-order valence-electron chi connectivity index (χ0n) is 13.2. The zero-order valence-corrected chi connectivity index (χ0v) is 13.2. The van der Waals surface area contributed by atoms with Crippen LogP contribution in [0.1, 0.15) is 40.3 Å². The summed E-state index contributed by atoms with van der Waals surface area (Å²) in [6.45, 7) is 6.25. The molecular weight excluding hydrogens is 282 g/mol. The van der Waals surface area contributed by atoms with E-state index in [1.165, 1.54) is 0 Å². The molecule has 0 bridgehead atoms. The highest BCUT2D eigenvalue weighted by Gasteiger charge is 2.25. The first-order valence-electron chi connectivity index (χ1n) is 7.51. The Morgan fingerprint density at radius 1 is 1.55 bits per heavy atom. The van der Waals surface area contributed by atoms with Crippen LogP contribution in [0.15, 0.2) is 12.3 Å². The highest BCUT2D eigenvalue weighted by atomic mass is 16.5. The molecule has 2 aromatic heterocycles. The van der Waals surface area contributed by atoms with Crippen molar-refractivity contribution in [2.75, 3.05) is 13.2 Å². The third-order valence-corrected chi connectivity index (χ3v) is 4.03. The largest absolute Gasteiger partial charge is 0.374 e. The Hall–Kier alpha value is -2.15. The smallest absolute Gasteiger partial charge is 0.269 e. The van der Waals surface area contributed by atoms with Gasteiger partial charge < -0.3 is 10.1 Å². The second-order valence-electron chi connectivity index (χ2n) is 5.58. The molecule has 0 radical (unpaired) electrons. The molecular formula is C15H21N5O2. The van der Waals surface area contributed by atoms with Crippen molar-refractivity contribution in [1.29, 1.82) is 0 Å². The molecule has 22 heavy (non-hydrogen) atoms. The molecule has 3 heterocycles. The second-order valence-corrected chi connectivity index (χ2v) is 5.58. The molecule has 1 N–H and O–H groups in total. The van der Waals surface area contributed by atoms with E-state index in [1.54, 1.807) is 4.68 Å². The first kappa shape index (κ1) is 14.8. The average molecular weight is 303 g/mol. The van der Waals surface area contributed by atoms with E-state index in [1.807, 2.05) is 37.8 Å². The van der Waals surface area contributed by atoms with Crippen molar-refractivity contribution in [3.8, 4) is 0 Å². The van der Waals surface area contributed by atoms with Gasteiger partial charge in [-0.15, -0.1) is 0 Å². The van der Waals surface area contributed by atoms with Crippen LogP contribution in [0.5, 0.6) is 0 Å². The number of rotatable bonds is 4. The summed E-state index contributed by atoms with van der Waals surface area (Å²) in [5, 5.41) is 11.6. The maximum atomic E-state index is 12.4. The lowest BCUT2D eigenvalue weighted by Crippen LogP contribution is -2.33. The van der Waals surface area contributed by atoms with E-state index in [2.05, 4.69) is 15.5 Å². The van der Waals surface area contributed by atoms with Crippen LogP contribution in [0.3, 0.4) is 0 Å². The fourth-order valence-electron chi connectivity index (χ4n) is 2.83. The molecule has 0 saturated carbocycles. The third-order valence-electron chi connectivity index (χ3n) is 4.03. The molecule has 1 aliphatic rings. The summed E-state index contributed by atoms with van der Waals surface area (Å²) in [4.78, 5) is 12.4. The van der Waals surface area contributed by atoms with E-state index in [4.69, 9.17) is 4.74 Å². The number of aromatic nitrogens is 4. The van der Waals surface area contributed by atoms with Crippen molar-refractivity contribution < 1.29 is 9.53 Å². The minimum absolute atomic E-state index is 0.0986. The van der Waals surface area contributed by atoms with Gasteiger partial charge in [-0.3, -0.25) is 14.2 Å². The highest BCUT2D eigenvalue weighted by Crippen LogP contribution is 2.25. The Bertz CT molecular complexity index is 688. The molecule has 1 aliphatic heterocycles. The first-order chi connectivity index (χ1) is 10.6. The van der Waals surface area contributed by atoms with Crippen molar-refractivity contribution in [3.63, 3.8) is 0 Å². The lowest BCUT2D eigenvalue weighted by molar-refractivity contribution is 0.0810. The van der Waals surface area contributed by atoms with Crippen LogP contribution >= 0.6 is 0 Å². The second kappa shape index (κ2) is 5.92. The van der Waals surface area contributed by atoms with Crippen LogP contribution in [0, 0.1) is 6.92 Å². The lowest BCUT2D eigenvalue weighted by Gasteiger charge is -2.23. The summed E-state index contributed by atoms with van der Waals surface area (Å²) in [5.74, 6) is 0.0407. The molecule has 3 rings (SSSR count). The molecule has 118 valence electrons. The first-order valence-corrected chi connectivity index (χ1v) is 7.51. The summed E-state index contributed by atoms with van der Waals surface area (Å²) >= 11 is 0. The van der Waals surface area contributed by atoms with E-state index in [0.717, 1.165) is 17.0 Å². The van der Waals surface area contributed by atoms with E-state index in [9.17, 15) is 4.79 Å². The van der Waals surface area contributed by atoms with Gasteiger partial charge in [0.25, 0.3) is 5.91 Å². The van der Waals surface area contributed by atoms with Crippen molar-refractivity contribution >= 4 is 5.91 Å². The summed E-state index contributed by atoms with van der Waals surface area (Å²) in [6.07, 6.45) is 1.87. The fraction of sp³-hybridized carbons (Fsp3) is 0.533. The monoisotopic (exact) mass is 303 g/mol. The van der Waals surface area contributed by atoms with E-state index < -0.39 is 0 Å². The Balaban J connectivity index is 1.69. The maximum absolute atomic E-state index is 12.4. The van der Waals surface area contributed by atoms with Gasteiger partial charge >= 0.3 is 0 Å². The number of fused-ring (bicyclic) bond motifs is 1. The SMILES string of the molecule is CCn1nc(C)cc1C(=O)NC[C@@H]1COCc2c1cnn2C. The van der Waals surface area contributed by atoms with Gasteiger partial charge in [0.05, 0.1) is 30.8 Å². The molecule has 1 atom stereocenters. The van der Waals surface area contributed by atoms with Crippen LogP contribution in [-0.4, -0.2) is 38.6 Å². The number of hydrogen-bond donors (Lipinski definition) is 1. The van der Waals surface area contributed by atoms with E-state index in [-0.39, 0.29) is 11.8 Å². The molecule has 7 nitrogen and oxygen atoms in total. The van der Waals surface area contributed by atoms with Gasteiger partial charge in [-0.25, -0.2) is 0 Å². The molecule has 0 aromatic carbocycles. The molecule has 1 amide bonds. The Labute approximate surface area is 129 Å². The maximum Gasteiger partial charge on any atom is 0.269 e. The van der Waals surface area contributed by atoms with Gasteiger partial charge in [-0.2, -0.15) is 10.2 Å². The predicted octanol–water partition coefficient (Wildman–Crippen LogP) is 0.989. The van der Waals surface area contributed by atoms with Crippen molar-refractivity contribution in [2.24, 2.45) is 7.05 Å². The summed E-state index contributed by atoms with van der Waals surface area (Å²) in [5.41, 5.74) is 3.69. The minimum Gasteiger partial charge on any atom is -0.374 e. The number of ether oxygens (including phenoxy) is 1. The van der Waals surface area contributed by atoms with Crippen molar-refractivity contribution in [2.45, 2.75) is 32.9 Å². The van der Waals surface area contributed by atoms with Gasteiger partial charge in [0.1, 0.15) is 5.69 Å². The highest BCUT2D eigenvalue weighted by molar-refractivity contribution is 5.92. The van der Waals surface area contributed by atoms with Crippen molar-refractivity contribution in [3.05, 3.63) is 34.9 Å². The lowest BCUT2D eigenvalue weighted by atomic mass is 9.98. The Morgan fingerprint density at radius 2 is 2.36 bits per heavy atom. The number of aryl methyl sites for hydroxylation is 3. The standard InChI is InChI=1S/C15H21N5O2/c1-4-20-13(5-10(2)18-20)15(21)16-6-11-8-22-9-14-12(11)7-17-19(14)3/h5,7,11H,4,6,8-9H2,1-3H3,(H,16,21)/t11-/m1/s1. The van der Waals surface area contributed by atoms with Crippen molar-refractivity contribution in [1.82, 2.24) is 24.9 Å². The van der Waals surface area contributed by atoms with E-state index in [0.29, 0.717) is 32.0 Å². The Morgan fingerprint density at radius 3 is 3.14 bits per heavy atom. The number of amides is 1. The van der Waals surface area contributed by atoms with Gasteiger partial charge in [0, 0.05) is 31.6 Å². The molecule has 0 aliphatic carbocycles. The fourth-order valence-corrected chi connectivity index (χ4v) is 2.83. The molecule has 7 heteroatoms. The van der Waals surface area contributed by atoms with Crippen LogP contribution in [0.25, 0.3) is 0 Å². The number of hydrogen-bond acceptors (Lipinski definition) is 4. The topological polar surface area (TPSA) is 74.0 Å². The van der Waals surface area contributed by atoms with Gasteiger partial charge in [-0.1, -0.05) is 0 Å². The van der Waals surface area contributed by atoms with Crippen LogP contribution < -0.4 is 5.32 Å². The van der Waals surface area contributed by atoms with Crippen LogP contribution in [0.2, 0.25) is 0 Å². The summed E-state index contributed by atoms with van der Waals surface area (Å²) in [6, 6.07) is 1.81. The predicted molar refractivity (Wildman–Crippen MR) is 80.6 cm³/mol. The third kappa shape index (κ3) is 2.64. The zero-order chi connectivity index (χ0) is 15.7. The number of carbonyl (C=O) groups excluding carboxylic acids is 1. The summed E-state index contributed by atoms with van der Waals surface area (Å²) < 4.78 is 9.16. The Kier molecular flexibility index (Phi) is 3.98. The average Bonchev–Trinajstić information content (AvgIpc) is 3.08. The molecule has 0 spiro atoms. The van der Waals surface area contributed by atoms with Crippen LogP contribution in [0.4, 0.5) is 0 Å². The molecule has 0 unspecified atom stereocenters. The van der Waals surface area contributed by atoms with Gasteiger partial charge in [0.2, 0.25) is 0 Å². The van der Waals surface area contributed by atoms with Gasteiger partial charge in [-0.05, 0) is 19.9 Å². The summed E-state index contributed by atoms with van der Waals surface area (Å²) in [7, 11) is 1.91. The molecule has 0 saturated heterocycles. The number of carbonyl (C=O) groups is 1. The van der Waals surface area contributed by atoms with E-state index >= 15 is 0 Å². The van der Waals surface area contributed by atoms with Gasteiger partial charge in [0.15, 0.2) is 0 Å².